The first-order chi connectivity index (χ1) is 43.5. The Kier molecular flexibility index (Phi) is 36.0. The first kappa shape index (κ1) is 81.9. The molecule has 0 spiro atoms. The van der Waals surface area contributed by atoms with Gasteiger partial charge in [-0.3, -0.25) is 33.0 Å². The Balaban J connectivity index is 0.000000546. The van der Waals surface area contributed by atoms with Gasteiger partial charge in [-0.1, -0.05) is 112 Å². The topological polar surface area (TPSA) is 263 Å². The summed E-state index contributed by atoms with van der Waals surface area (Å²) in [5.74, 6) is -0.579. The molecule has 2 atom stereocenters. The Hall–Kier alpha value is -5.38. The van der Waals surface area contributed by atoms with Crippen LogP contribution >= 0.6 is 39.1 Å². The van der Waals surface area contributed by atoms with Crippen molar-refractivity contribution in [2.75, 3.05) is 73.4 Å². The maximum absolute atomic E-state index is 14.0. The second kappa shape index (κ2) is 40.9. The summed E-state index contributed by atoms with van der Waals surface area (Å²) in [5.41, 5.74) is 4.25. The van der Waals surface area contributed by atoms with E-state index in [0.717, 1.165) is 43.0 Å². The van der Waals surface area contributed by atoms with Gasteiger partial charge in [-0.05, 0) is 122 Å². The summed E-state index contributed by atoms with van der Waals surface area (Å²) in [6.45, 7) is 4.05. The monoisotopic (exact) mass is 1470 g/mol. The summed E-state index contributed by atoms with van der Waals surface area (Å²) in [7, 11) is 0.231. The predicted molar refractivity (Wildman–Crippen MR) is 353 cm³/mol. The molecule has 8 aromatic rings. The number of methoxy groups -OCH3 is 6. The van der Waals surface area contributed by atoms with Crippen molar-refractivity contribution in [1.29, 1.82) is 0 Å². The van der Waals surface area contributed by atoms with Crippen LogP contribution in [0.25, 0.3) is 21.5 Å². The zero-order valence-corrected chi connectivity index (χ0v) is 63.8. The molecule has 0 aliphatic heterocycles. The zero-order valence-electron chi connectivity index (χ0n) is 53.9. The van der Waals surface area contributed by atoms with E-state index in [9.17, 15) is 36.0 Å². The molecule has 0 heterocycles. The number of halogens is 3. The molecule has 0 aliphatic carbocycles. The van der Waals surface area contributed by atoms with Crippen molar-refractivity contribution in [3.05, 3.63) is 191 Å². The molecule has 0 radical (unpaired) electrons. The average Bonchev–Trinajstić information content (AvgIpc) is 0.768. The molecule has 0 amide bonds. The van der Waals surface area contributed by atoms with Crippen LogP contribution in [0.2, 0.25) is 10.0 Å². The van der Waals surface area contributed by atoms with Crippen molar-refractivity contribution in [2.24, 2.45) is 0 Å². The number of ether oxygens (including phenoxy) is 6. The molecule has 1 N–H and O–H groups in total. The van der Waals surface area contributed by atoms with Crippen molar-refractivity contribution < 1.29 is 184 Å². The third-order valence-corrected chi connectivity index (χ3v) is 17.8. The van der Waals surface area contributed by atoms with Gasteiger partial charge in [0, 0.05) is 68.1 Å². The fraction of sp³-hybridized carbons (Fsp3) is 0.246. The minimum absolute atomic E-state index is 0. The Morgan fingerprint density at radius 3 is 1.31 bits per heavy atom. The number of carbonyl (C=O) groups is 5. The average molecular weight is 1470 g/mol. The summed E-state index contributed by atoms with van der Waals surface area (Å²) in [6.07, 6.45) is 0.296. The molecule has 21 nitrogen and oxygen atoms in total. The van der Waals surface area contributed by atoms with Gasteiger partial charge in [-0.25, -0.2) is 16.8 Å². The first-order valence-electron chi connectivity index (χ1n) is 27.5. The number of rotatable bonds is 24. The maximum Gasteiger partial charge on any atom is 1.00 e. The van der Waals surface area contributed by atoms with Crippen LogP contribution in [0.1, 0.15) is 39.2 Å². The molecule has 8 aromatic carbocycles. The van der Waals surface area contributed by atoms with Gasteiger partial charge in [-0.2, -0.15) is 0 Å². The van der Waals surface area contributed by atoms with Crippen LogP contribution in [0.15, 0.2) is 180 Å². The molecule has 0 fully saturated rings. The van der Waals surface area contributed by atoms with Gasteiger partial charge in [0.05, 0.1) is 76.7 Å². The summed E-state index contributed by atoms with van der Waals surface area (Å²) in [5, 5.41) is 12.8. The van der Waals surface area contributed by atoms with E-state index >= 15 is 0 Å². The van der Waals surface area contributed by atoms with Gasteiger partial charge >= 0.3 is 127 Å². The van der Waals surface area contributed by atoms with E-state index in [4.69, 9.17) is 56.9 Å². The van der Waals surface area contributed by atoms with E-state index in [1.807, 2.05) is 98.8 Å². The van der Waals surface area contributed by atoms with E-state index in [1.54, 1.807) is 60.7 Å². The second-order valence-electron chi connectivity index (χ2n) is 19.5. The Morgan fingerprint density at radius 2 is 0.925 bits per heavy atom. The molecule has 0 unspecified atom stereocenters. The van der Waals surface area contributed by atoms with Gasteiger partial charge in [0.2, 0.25) is 0 Å². The molecule has 0 saturated heterocycles. The van der Waals surface area contributed by atoms with E-state index in [-0.39, 0.29) is 169 Å². The predicted octanol–water partition coefficient (Wildman–Crippen LogP) is 5.20. The van der Waals surface area contributed by atoms with Crippen LogP contribution in [0.3, 0.4) is 0 Å². The molecule has 28 heteroatoms. The van der Waals surface area contributed by atoms with Gasteiger partial charge in [0.15, 0.2) is 0 Å². The fourth-order valence-corrected chi connectivity index (χ4v) is 12.4. The standard InChI is InChI=1S/C32H33ClN2O7S.C29H29ClN2O5S.C3H5BrO2.CH2O3.2K.H/c1-22(18-31(36)41-3)34(20-23-8-7-9-24(33)19-23)29-16-17-30(28-11-6-5-10-27(28)29)35(21-32(37)42-4)43(38,39)26-14-12-25(40-2)13-15-26;1-20(17-29(33)37-3)32(19-21-7-6-8-22(30)18-21)28-16-15-27(25-9-4-5-10-26(25)28)31-38(34,35)24-13-11-23(36-2)12-14-24;1-6-3(5)2-4;2-1-4-3;;;/h5-17,19,22H,18,20-21H2,1-4H3;4-16,18,20,31H,17,19H2,1-3H3;2H2,1H3;1,3H;;;/q;;;;2*+1;-1/p-1/t22-;20-;;;;;/m00...../s1. The number of fused-ring (bicyclic) bond motifs is 2. The van der Waals surface area contributed by atoms with Crippen molar-refractivity contribution in [2.45, 2.75) is 61.7 Å². The largest absolute Gasteiger partial charge is 1.00 e. The van der Waals surface area contributed by atoms with Crippen LogP contribution < -0.4 is 136 Å². The number of benzene rings is 8. The third kappa shape index (κ3) is 24.0. The van der Waals surface area contributed by atoms with E-state index < -0.39 is 32.6 Å². The molecule has 0 bridgehead atoms. The van der Waals surface area contributed by atoms with Crippen molar-refractivity contribution in [3.63, 3.8) is 0 Å². The second-order valence-corrected chi connectivity index (χ2v) is 24.5. The summed E-state index contributed by atoms with van der Waals surface area (Å²) < 4.78 is 87.4. The number of esters is 4. The molecular formula is C65H69BrCl2K2N4O17S2. The van der Waals surface area contributed by atoms with E-state index in [0.29, 0.717) is 51.4 Å². The Bertz CT molecular complexity index is 4000. The van der Waals surface area contributed by atoms with Crippen LogP contribution in [-0.2, 0) is 80.9 Å². The van der Waals surface area contributed by atoms with Crippen LogP contribution in [0, 0.1) is 0 Å². The molecule has 0 saturated carbocycles. The number of carbonyl (C=O) groups excluding carboxylic acids is 5. The molecule has 8 rings (SSSR count). The third-order valence-electron chi connectivity index (χ3n) is 13.7. The van der Waals surface area contributed by atoms with Crippen LogP contribution in [0.4, 0.5) is 22.7 Å². The summed E-state index contributed by atoms with van der Waals surface area (Å²) >= 11 is 15.4. The van der Waals surface area contributed by atoms with E-state index in [1.165, 1.54) is 66.9 Å². The normalized spacial score (nSPS) is 11.2. The van der Waals surface area contributed by atoms with Crippen molar-refractivity contribution in [3.8, 4) is 11.5 Å². The minimum Gasteiger partial charge on any atom is -1.00 e. The van der Waals surface area contributed by atoms with Gasteiger partial charge in [0.1, 0.15) is 23.4 Å². The summed E-state index contributed by atoms with van der Waals surface area (Å²) in [6, 6.07) is 48.6. The molecule has 0 aromatic heterocycles. The number of nitrogens with zero attached hydrogens (tertiary/aromatic N) is 3. The number of sulfonamides is 2. The van der Waals surface area contributed by atoms with Gasteiger partial charge < -0.3 is 49.8 Å². The molecule has 486 valence electrons. The molecule has 0 aliphatic rings. The number of nitrogens with one attached hydrogen (secondary N) is 1. The number of alkyl halides is 1. The summed E-state index contributed by atoms with van der Waals surface area (Å²) in [4.78, 5) is 62.4. The molecular weight excluding hydrogens is 1400 g/mol. The Morgan fingerprint density at radius 1 is 0.538 bits per heavy atom. The maximum atomic E-state index is 14.0. The number of hydrogen-bond donors (Lipinski definition) is 1. The first-order valence-corrected chi connectivity index (χ1v) is 32.3. The SMILES string of the molecule is COC(=O)CBr.COC(=O)C[C@H](C)N(Cc1cccc(Cl)c1)c1ccc(N(CC(=O)OC)S(=O)(=O)c2ccc(OC)cc2)c2ccccc12.COC(=O)C[C@H](C)N(Cc1cccc(Cl)c1)c1ccc(NS(=O)(=O)c2ccc(OC)cc2)c2ccccc12.O=CO[O-].[H-].[K+].[K+]. The Labute approximate surface area is 646 Å². The van der Waals surface area contributed by atoms with Crippen LogP contribution in [0.5, 0.6) is 11.5 Å². The van der Waals surface area contributed by atoms with Crippen LogP contribution in [-0.4, -0.2) is 114 Å². The van der Waals surface area contributed by atoms with Crippen molar-refractivity contribution >= 4 is 134 Å². The molecule has 93 heavy (non-hydrogen) atoms. The van der Waals surface area contributed by atoms with E-state index in [2.05, 4.69) is 40.1 Å². The zero-order chi connectivity index (χ0) is 66.8. The number of anilines is 4. The minimum atomic E-state index is -4.21. The fourth-order valence-electron chi connectivity index (χ4n) is 9.22. The quantitative estimate of drug-likeness (QED) is 0.0155. The van der Waals surface area contributed by atoms with Crippen molar-refractivity contribution in [1.82, 2.24) is 0 Å². The number of hydrogen-bond acceptors (Lipinski definition) is 19. The van der Waals surface area contributed by atoms with Gasteiger partial charge in [0.25, 0.3) is 26.5 Å². The van der Waals surface area contributed by atoms with Gasteiger partial charge in [-0.15, -0.1) is 0 Å². The smallest absolute Gasteiger partial charge is 1.00 e.